The van der Waals surface area contributed by atoms with Gasteiger partial charge in [-0.3, -0.25) is 4.98 Å². The van der Waals surface area contributed by atoms with Gasteiger partial charge in [-0.15, -0.1) is 0 Å². The van der Waals surface area contributed by atoms with Crippen LogP contribution in [0.25, 0.3) is 0 Å². The molecule has 1 aromatic carbocycles. The Morgan fingerprint density at radius 2 is 1.82 bits per heavy atom. The first-order valence-electron chi connectivity index (χ1n) is 6.52. The van der Waals surface area contributed by atoms with Crippen molar-refractivity contribution in [3.63, 3.8) is 0 Å². The standard InChI is InChI=1S/C15H14F3N3O/c16-15(17,18)13-9-12(21-14(19)22)4-3-11(13)2-1-10-5-7-20-8-6-10/h3-9H,1-2H2,(H3,19,21,22). The van der Waals surface area contributed by atoms with Gasteiger partial charge >= 0.3 is 12.2 Å². The third-order valence-corrected chi connectivity index (χ3v) is 3.12. The van der Waals surface area contributed by atoms with E-state index in [0.717, 1.165) is 11.6 Å². The van der Waals surface area contributed by atoms with E-state index in [4.69, 9.17) is 5.73 Å². The Bertz CT molecular complexity index is 657. The van der Waals surface area contributed by atoms with Crippen LogP contribution in [0.5, 0.6) is 0 Å². The molecule has 1 heterocycles. The van der Waals surface area contributed by atoms with Crippen molar-refractivity contribution in [1.82, 2.24) is 4.98 Å². The lowest BCUT2D eigenvalue weighted by molar-refractivity contribution is -0.138. The molecule has 116 valence electrons. The van der Waals surface area contributed by atoms with Gasteiger partial charge in [0.05, 0.1) is 5.56 Å². The number of urea groups is 1. The molecule has 2 amide bonds. The van der Waals surface area contributed by atoms with Crippen molar-refractivity contribution in [3.05, 3.63) is 59.4 Å². The second kappa shape index (κ2) is 6.46. The largest absolute Gasteiger partial charge is 0.416 e. The fourth-order valence-corrected chi connectivity index (χ4v) is 2.11. The van der Waals surface area contributed by atoms with Gasteiger partial charge in [-0.25, -0.2) is 4.79 Å². The van der Waals surface area contributed by atoms with Gasteiger partial charge in [0, 0.05) is 18.1 Å². The number of aromatic nitrogens is 1. The number of hydrogen-bond donors (Lipinski definition) is 2. The van der Waals surface area contributed by atoms with E-state index in [1.54, 1.807) is 24.5 Å². The smallest absolute Gasteiger partial charge is 0.351 e. The highest BCUT2D eigenvalue weighted by Crippen LogP contribution is 2.34. The summed E-state index contributed by atoms with van der Waals surface area (Å²) < 4.78 is 39.4. The van der Waals surface area contributed by atoms with Crippen LogP contribution in [-0.4, -0.2) is 11.0 Å². The number of halogens is 3. The summed E-state index contributed by atoms with van der Waals surface area (Å²) in [5, 5.41) is 2.15. The molecule has 0 radical (unpaired) electrons. The molecular formula is C15H14F3N3O. The summed E-state index contributed by atoms with van der Waals surface area (Å²) in [5.41, 5.74) is 5.24. The van der Waals surface area contributed by atoms with Gasteiger partial charge < -0.3 is 11.1 Å². The SMILES string of the molecule is NC(=O)Nc1ccc(CCc2ccncc2)c(C(F)(F)F)c1. The molecule has 0 saturated heterocycles. The zero-order valence-corrected chi connectivity index (χ0v) is 11.5. The molecule has 0 aliphatic carbocycles. The van der Waals surface area contributed by atoms with Crippen LogP contribution >= 0.6 is 0 Å². The van der Waals surface area contributed by atoms with Crippen LogP contribution in [0.3, 0.4) is 0 Å². The van der Waals surface area contributed by atoms with Crippen molar-refractivity contribution in [2.45, 2.75) is 19.0 Å². The lowest BCUT2D eigenvalue weighted by Gasteiger charge is -2.14. The predicted octanol–water partition coefficient (Wildman–Crippen LogP) is 3.38. The second-order valence-electron chi connectivity index (χ2n) is 4.71. The van der Waals surface area contributed by atoms with E-state index in [-0.39, 0.29) is 17.7 Å². The average molecular weight is 309 g/mol. The molecule has 2 aromatic rings. The van der Waals surface area contributed by atoms with Crippen LogP contribution in [0.4, 0.5) is 23.7 Å². The number of nitrogens with zero attached hydrogens (tertiary/aromatic N) is 1. The molecule has 0 aliphatic heterocycles. The predicted molar refractivity (Wildman–Crippen MR) is 76.3 cm³/mol. The van der Waals surface area contributed by atoms with Gasteiger partial charge in [-0.05, 0) is 48.2 Å². The number of hydrogen-bond acceptors (Lipinski definition) is 2. The van der Waals surface area contributed by atoms with Crippen molar-refractivity contribution < 1.29 is 18.0 Å². The molecule has 3 N–H and O–H groups in total. The Morgan fingerprint density at radius 3 is 2.41 bits per heavy atom. The zero-order chi connectivity index (χ0) is 16.2. The first kappa shape index (κ1) is 15.8. The van der Waals surface area contributed by atoms with E-state index in [2.05, 4.69) is 10.3 Å². The van der Waals surface area contributed by atoms with Crippen LogP contribution in [0, 0.1) is 0 Å². The first-order valence-corrected chi connectivity index (χ1v) is 6.52. The highest BCUT2D eigenvalue weighted by molar-refractivity contribution is 5.87. The Morgan fingerprint density at radius 1 is 1.14 bits per heavy atom. The Kier molecular flexibility index (Phi) is 4.65. The minimum atomic E-state index is -4.50. The van der Waals surface area contributed by atoms with Crippen LogP contribution in [0.15, 0.2) is 42.7 Å². The molecular weight excluding hydrogens is 295 g/mol. The molecule has 7 heteroatoms. The summed E-state index contributed by atoms with van der Waals surface area (Å²) in [6.07, 6.45) is -0.605. The maximum Gasteiger partial charge on any atom is 0.416 e. The molecule has 22 heavy (non-hydrogen) atoms. The summed E-state index contributed by atoms with van der Waals surface area (Å²) in [7, 11) is 0. The van der Waals surface area contributed by atoms with Crippen molar-refractivity contribution in [2.75, 3.05) is 5.32 Å². The number of benzene rings is 1. The van der Waals surface area contributed by atoms with E-state index in [9.17, 15) is 18.0 Å². The van der Waals surface area contributed by atoms with Crippen molar-refractivity contribution >= 4 is 11.7 Å². The van der Waals surface area contributed by atoms with E-state index >= 15 is 0 Å². The third-order valence-electron chi connectivity index (χ3n) is 3.12. The Labute approximate surface area is 125 Å². The molecule has 0 unspecified atom stereocenters. The van der Waals surface area contributed by atoms with Gasteiger partial charge in [-0.1, -0.05) is 6.07 Å². The van der Waals surface area contributed by atoms with Gasteiger partial charge in [0.2, 0.25) is 0 Å². The second-order valence-corrected chi connectivity index (χ2v) is 4.71. The summed E-state index contributed by atoms with van der Waals surface area (Å²) in [6, 6.07) is 6.27. The van der Waals surface area contributed by atoms with Gasteiger partial charge in [0.25, 0.3) is 0 Å². The quantitative estimate of drug-likeness (QED) is 0.909. The van der Waals surface area contributed by atoms with Crippen molar-refractivity contribution in [2.24, 2.45) is 5.73 Å². The third kappa shape index (κ3) is 4.21. The molecule has 0 aliphatic rings. The summed E-state index contributed by atoms with van der Waals surface area (Å²) in [5.74, 6) is 0. The lowest BCUT2D eigenvalue weighted by atomic mass is 9.99. The zero-order valence-electron chi connectivity index (χ0n) is 11.5. The van der Waals surface area contributed by atoms with Crippen molar-refractivity contribution in [3.8, 4) is 0 Å². The number of carbonyl (C=O) groups excluding carboxylic acids is 1. The number of anilines is 1. The number of aryl methyl sites for hydroxylation is 2. The topological polar surface area (TPSA) is 68.0 Å². The molecule has 0 fully saturated rings. The molecule has 0 spiro atoms. The molecule has 2 rings (SSSR count). The van der Waals surface area contributed by atoms with E-state index in [1.165, 1.54) is 12.1 Å². The molecule has 0 saturated carbocycles. The number of alkyl halides is 3. The average Bonchev–Trinajstić information content (AvgIpc) is 2.45. The number of amides is 2. The van der Waals surface area contributed by atoms with Gasteiger partial charge in [-0.2, -0.15) is 13.2 Å². The minimum absolute atomic E-state index is 0.0208. The maximum atomic E-state index is 13.1. The molecule has 0 atom stereocenters. The number of rotatable bonds is 4. The fraction of sp³-hybridized carbons (Fsp3) is 0.200. The number of nitrogens with one attached hydrogen (secondary N) is 1. The lowest BCUT2D eigenvalue weighted by Crippen LogP contribution is -2.20. The molecule has 1 aromatic heterocycles. The molecule has 0 bridgehead atoms. The van der Waals surface area contributed by atoms with E-state index in [0.29, 0.717) is 6.42 Å². The van der Waals surface area contributed by atoms with Crippen LogP contribution in [0.1, 0.15) is 16.7 Å². The fourth-order valence-electron chi connectivity index (χ4n) is 2.11. The highest BCUT2D eigenvalue weighted by Gasteiger charge is 2.33. The maximum absolute atomic E-state index is 13.1. The monoisotopic (exact) mass is 309 g/mol. The van der Waals surface area contributed by atoms with Crippen LogP contribution < -0.4 is 11.1 Å². The van der Waals surface area contributed by atoms with Gasteiger partial charge in [0.1, 0.15) is 0 Å². The van der Waals surface area contributed by atoms with Crippen LogP contribution in [0.2, 0.25) is 0 Å². The van der Waals surface area contributed by atoms with E-state index < -0.39 is 17.8 Å². The Hall–Kier alpha value is -2.57. The van der Waals surface area contributed by atoms with Crippen molar-refractivity contribution in [1.29, 1.82) is 0 Å². The number of primary amides is 1. The molecule has 4 nitrogen and oxygen atoms in total. The number of nitrogens with two attached hydrogens (primary N) is 1. The van der Waals surface area contributed by atoms with Crippen LogP contribution in [-0.2, 0) is 19.0 Å². The Balaban J connectivity index is 2.24. The van der Waals surface area contributed by atoms with E-state index in [1.807, 2.05) is 0 Å². The highest BCUT2D eigenvalue weighted by atomic mass is 19.4. The van der Waals surface area contributed by atoms with Gasteiger partial charge in [0.15, 0.2) is 0 Å². The number of pyridine rings is 1. The summed E-state index contributed by atoms with van der Waals surface area (Å²) in [6.45, 7) is 0. The summed E-state index contributed by atoms with van der Waals surface area (Å²) in [4.78, 5) is 14.6. The minimum Gasteiger partial charge on any atom is -0.351 e. The first-order chi connectivity index (χ1) is 10.4. The normalized spacial score (nSPS) is 11.2. The summed E-state index contributed by atoms with van der Waals surface area (Å²) >= 11 is 0. The number of carbonyl (C=O) groups is 1.